The molecule has 9 heteroatoms. The summed E-state index contributed by atoms with van der Waals surface area (Å²) in [4.78, 5) is 42.9. The van der Waals surface area contributed by atoms with Crippen molar-refractivity contribution in [2.24, 2.45) is 0 Å². The van der Waals surface area contributed by atoms with E-state index < -0.39 is 41.6 Å². The summed E-state index contributed by atoms with van der Waals surface area (Å²) in [5.41, 5.74) is 2.20. The molecule has 3 aromatic carbocycles. The second-order valence-corrected chi connectivity index (χ2v) is 11.9. The largest absolute Gasteiger partial charge is 0.508 e. The number of aryl methyl sites for hydroxylation is 1. The second-order valence-electron chi connectivity index (χ2n) is 11.5. The molecule has 2 atom stereocenters. The van der Waals surface area contributed by atoms with Gasteiger partial charge in [0.25, 0.3) is 5.91 Å². The fraction of sp³-hybridized carbons (Fsp3) is 0.324. The molecule has 0 aliphatic carbocycles. The van der Waals surface area contributed by atoms with Crippen LogP contribution in [-0.4, -0.2) is 45.6 Å². The van der Waals surface area contributed by atoms with Crippen molar-refractivity contribution in [2.75, 3.05) is 5.32 Å². The Labute approximate surface area is 258 Å². The van der Waals surface area contributed by atoms with E-state index in [0.717, 1.165) is 5.56 Å². The maximum Gasteiger partial charge on any atom is 0.408 e. The van der Waals surface area contributed by atoms with E-state index in [-0.39, 0.29) is 12.2 Å². The Morgan fingerprint density at radius 1 is 1.02 bits per heavy atom. The van der Waals surface area contributed by atoms with Crippen molar-refractivity contribution in [3.63, 3.8) is 0 Å². The van der Waals surface area contributed by atoms with Gasteiger partial charge < -0.3 is 25.4 Å². The third kappa shape index (κ3) is 9.00. The Hall–Kier alpha value is -4.48. The van der Waals surface area contributed by atoms with Crippen LogP contribution in [0.2, 0.25) is 5.02 Å². The Bertz CT molecular complexity index is 1470. The first-order valence-corrected chi connectivity index (χ1v) is 14.3. The van der Waals surface area contributed by atoms with Crippen LogP contribution < -0.4 is 10.6 Å². The highest BCUT2D eigenvalue weighted by atomic mass is 35.5. The normalized spacial score (nSPS) is 12.5. The van der Waals surface area contributed by atoms with Gasteiger partial charge in [-0.2, -0.15) is 0 Å². The van der Waals surface area contributed by atoms with Gasteiger partial charge in [-0.3, -0.25) is 9.59 Å². The van der Waals surface area contributed by atoms with Gasteiger partial charge in [0.2, 0.25) is 5.91 Å². The number of phenolic OH excluding ortho intramolecular Hbond substituents is 1. The first-order valence-electron chi connectivity index (χ1n) is 13.9. The molecule has 226 valence electrons. The number of aromatic hydroxyl groups is 1. The van der Waals surface area contributed by atoms with E-state index in [1.165, 1.54) is 17.0 Å². The number of hydrogen-bond acceptors (Lipinski definition) is 5. The van der Waals surface area contributed by atoms with Gasteiger partial charge in [-0.25, -0.2) is 4.79 Å². The van der Waals surface area contributed by atoms with Gasteiger partial charge in [0, 0.05) is 18.0 Å². The monoisotopic (exact) mass is 603 g/mol. The van der Waals surface area contributed by atoms with Crippen molar-refractivity contribution in [2.45, 2.75) is 71.7 Å². The number of nitrogens with zero attached hydrogens (tertiary/aromatic N) is 1. The van der Waals surface area contributed by atoms with Gasteiger partial charge >= 0.3 is 6.09 Å². The number of carbonyl (C=O) groups is 3. The summed E-state index contributed by atoms with van der Waals surface area (Å²) in [6, 6.07) is 15.7. The molecule has 0 aromatic heterocycles. The van der Waals surface area contributed by atoms with Crippen molar-refractivity contribution >= 4 is 35.2 Å². The summed E-state index contributed by atoms with van der Waals surface area (Å²) in [5.74, 6) is 1.63. The van der Waals surface area contributed by atoms with E-state index >= 15 is 0 Å². The molecular weight excluding hydrogens is 566 g/mol. The third-order valence-corrected chi connectivity index (χ3v) is 6.88. The van der Waals surface area contributed by atoms with Crippen molar-refractivity contribution < 1.29 is 24.2 Å². The van der Waals surface area contributed by atoms with E-state index in [1.807, 2.05) is 13.0 Å². The standard InChI is InChI=1S/C34H38ClN3O5/c1-8-23-12-16-25(17-13-23)30(31(40)37-29-22(4)10-9-11-27(29)35)38(21(2)3)32(41)28(36-33(42)43-34(5,6)7)20-24-14-18-26(39)19-15-24/h1,9-19,21,28,30,39H,20H2,2-7H3,(H,36,42)(H,37,40). The van der Waals surface area contributed by atoms with Gasteiger partial charge in [-0.15, -0.1) is 6.42 Å². The zero-order valence-corrected chi connectivity index (χ0v) is 26.0. The average Bonchev–Trinajstić information content (AvgIpc) is 2.93. The van der Waals surface area contributed by atoms with Gasteiger partial charge in [0.15, 0.2) is 0 Å². The lowest BCUT2D eigenvalue weighted by Gasteiger charge is -2.37. The molecule has 0 aliphatic rings. The van der Waals surface area contributed by atoms with Crippen molar-refractivity contribution in [1.82, 2.24) is 10.2 Å². The van der Waals surface area contributed by atoms with E-state index in [0.29, 0.717) is 27.4 Å². The SMILES string of the molecule is C#Cc1ccc(C(C(=O)Nc2c(C)cccc2Cl)N(C(=O)C(Cc2ccc(O)cc2)NC(=O)OC(C)(C)C)C(C)C)cc1. The summed E-state index contributed by atoms with van der Waals surface area (Å²) in [6.07, 6.45) is 4.86. The number of para-hydroxylation sites is 1. The summed E-state index contributed by atoms with van der Waals surface area (Å²) in [7, 11) is 0. The fourth-order valence-electron chi connectivity index (χ4n) is 4.56. The summed E-state index contributed by atoms with van der Waals surface area (Å²) < 4.78 is 5.47. The van der Waals surface area contributed by atoms with E-state index in [2.05, 4.69) is 16.6 Å². The first kappa shape index (κ1) is 33.0. The highest BCUT2D eigenvalue weighted by Gasteiger charge is 2.38. The molecule has 0 radical (unpaired) electrons. The minimum Gasteiger partial charge on any atom is -0.508 e. The van der Waals surface area contributed by atoms with Crippen LogP contribution in [0.4, 0.5) is 10.5 Å². The molecule has 43 heavy (non-hydrogen) atoms. The number of terminal acetylenes is 1. The number of hydrogen-bond donors (Lipinski definition) is 3. The van der Waals surface area contributed by atoms with E-state index in [4.69, 9.17) is 22.8 Å². The van der Waals surface area contributed by atoms with Crippen LogP contribution in [0, 0.1) is 19.3 Å². The Kier molecular flexibility index (Phi) is 10.8. The molecule has 0 heterocycles. The second kappa shape index (κ2) is 14.1. The zero-order valence-electron chi connectivity index (χ0n) is 25.3. The lowest BCUT2D eigenvalue weighted by atomic mass is 9.98. The quantitative estimate of drug-likeness (QED) is 0.246. The lowest BCUT2D eigenvalue weighted by molar-refractivity contribution is -0.142. The smallest absolute Gasteiger partial charge is 0.408 e. The van der Waals surface area contributed by atoms with Crippen LogP contribution in [0.1, 0.15) is 62.9 Å². The number of amides is 3. The molecule has 3 amide bonds. The molecule has 3 rings (SSSR count). The number of benzene rings is 3. The van der Waals surface area contributed by atoms with Crippen molar-refractivity contribution in [3.05, 3.63) is 94.0 Å². The number of halogens is 1. The maximum absolute atomic E-state index is 14.5. The molecule has 2 unspecified atom stereocenters. The average molecular weight is 604 g/mol. The molecule has 0 saturated heterocycles. The highest BCUT2D eigenvalue weighted by molar-refractivity contribution is 6.34. The maximum atomic E-state index is 14.5. The number of ether oxygens (including phenoxy) is 1. The van der Waals surface area contributed by atoms with Gasteiger partial charge in [-0.05, 0) is 88.6 Å². The van der Waals surface area contributed by atoms with Gasteiger partial charge in [0.05, 0.1) is 10.7 Å². The number of alkyl carbamates (subject to hydrolysis) is 1. The number of phenols is 1. The molecule has 0 saturated carbocycles. The van der Waals surface area contributed by atoms with Crippen LogP contribution in [0.15, 0.2) is 66.7 Å². The lowest BCUT2D eigenvalue weighted by Crippen LogP contribution is -2.55. The fourth-order valence-corrected chi connectivity index (χ4v) is 4.83. The molecule has 0 bridgehead atoms. The number of rotatable bonds is 9. The van der Waals surface area contributed by atoms with Crippen LogP contribution in [0.3, 0.4) is 0 Å². The molecule has 3 N–H and O–H groups in total. The molecular formula is C34H38ClN3O5. The first-order chi connectivity index (χ1) is 20.2. The van der Waals surface area contributed by atoms with Crippen molar-refractivity contribution in [3.8, 4) is 18.1 Å². The number of anilines is 1. The molecule has 0 aliphatic heterocycles. The van der Waals surface area contributed by atoms with Crippen LogP contribution >= 0.6 is 11.6 Å². The third-order valence-electron chi connectivity index (χ3n) is 6.57. The number of carbonyl (C=O) groups excluding carboxylic acids is 3. The van der Waals surface area contributed by atoms with Gasteiger partial charge in [0.1, 0.15) is 23.4 Å². The highest BCUT2D eigenvalue weighted by Crippen LogP contribution is 2.31. The predicted octanol–water partition coefficient (Wildman–Crippen LogP) is 6.39. The molecule has 8 nitrogen and oxygen atoms in total. The van der Waals surface area contributed by atoms with Crippen LogP contribution in [0.25, 0.3) is 0 Å². The van der Waals surface area contributed by atoms with Crippen LogP contribution in [0.5, 0.6) is 5.75 Å². The Morgan fingerprint density at radius 3 is 2.19 bits per heavy atom. The summed E-state index contributed by atoms with van der Waals surface area (Å²) in [6.45, 7) is 10.6. The summed E-state index contributed by atoms with van der Waals surface area (Å²) in [5, 5.41) is 15.7. The molecule has 0 fully saturated rings. The number of nitrogens with one attached hydrogen (secondary N) is 2. The predicted molar refractivity (Wildman–Crippen MR) is 169 cm³/mol. The zero-order chi connectivity index (χ0) is 31.9. The van der Waals surface area contributed by atoms with E-state index in [1.54, 1.807) is 83.1 Å². The van der Waals surface area contributed by atoms with E-state index in [9.17, 15) is 19.5 Å². The Morgan fingerprint density at radius 2 is 1.65 bits per heavy atom. The van der Waals surface area contributed by atoms with Gasteiger partial charge in [-0.1, -0.05) is 53.9 Å². The molecule has 3 aromatic rings. The Balaban J connectivity index is 2.10. The van der Waals surface area contributed by atoms with Crippen LogP contribution in [-0.2, 0) is 20.7 Å². The van der Waals surface area contributed by atoms with Crippen molar-refractivity contribution in [1.29, 1.82) is 0 Å². The topological polar surface area (TPSA) is 108 Å². The summed E-state index contributed by atoms with van der Waals surface area (Å²) >= 11 is 6.43. The minimum atomic E-state index is -1.11. The molecule has 0 spiro atoms. The minimum absolute atomic E-state index is 0.0672.